The molecule has 0 bridgehead atoms. The molecular formula is C26H27N5O. The second-order valence-electron chi connectivity index (χ2n) is 8.24. The lowest BCUT2D eigenvalue weighted by molar-refractivity contribution is 0.0988. The van der Waals surface area contributed by atoms with Crippen LogP contribution < -0.4 is 10.2 Å². The fraction of sp³-hybridized carbons (Fsp3) is 0.269. The molecule has 1 atom stereocenters. The summed E-state index contributed by atoms with van der Waals surface area (Å²) in [5, 5.41) is 12.4. The third-order valence-electron chi connectivity index (χ3n) is 5.82. The highest BCUT2D eigenvalue weighted by atomic mass is 16.2. The summed E-state index contributed by atoms with van der Waals surface area (Å²) >= 11 is 0. The van der Waals surface area contributed by atoms with Gasteiger partial charge < -0.3 is 10.2 Å². The van der Waals surface area contributed by atoms with Crippen molar-refractivity contribution in [3.63, 3.8) is 0 Å². The molecule has 0 radical (unpaired) electrons. The lowest BCUT2D eigenvalue weighted by Crippen LogP contribution is -2.48. The molecule has 1 aliphatic rings. The number of benzene rings is 2. The summed E-state index contributed by atoms with van der Waals surface area (Å²) in [6, 6.07) is 21.7. The summed E-state index contributed by atoms with van der Waals surface area (Å²) < 4.78 is 0. The van der Waals surface area contributed by atoms with Gasteiger partial charge in [-0.05, 0) is 48.4 Å². The molecule has 162 valence electrons. The van der Waals surface area contributed by atoms with E-state index in [1.165, 1.54) is 5.56 Å². The number of rotatable bonds is 5. The standard InChI is InChI=1S/C26H27N5O/c1-19-17-31(14-13-28-19)18-21-5-10-24(11-6-21)30(2)26(32)25-12-9-23(16-29-25)22-7-3-20(15-27)4-8-22/h3-12,16,19,28H,13-14,17-18H2,1-2H3/t19-/m0/s1. The molecule has 1 N–H and O–H groups in total. The van der Waals surface area contributed by atoms with E-state index in [1.807, 2.05) is 30.3 Å². The minimum atomic E-state index is -0.153. The van der Waals surface area contributed by atoms with E-state index in [0.29, 0.717) is 17.3 Å². The largest absolute Gasteiger partial charge is 0.312 e. The van der Waals surface area contributed by atoms with Crippen molar-refractivity contribution in [2.24, 2.45) is 0 Å². The third kappa shape index (κ3) is 5.02. The van der Waals surface area contributed by atoms with Crippen LogP contribution in [0.2, 0.25) is 0 Å². The Morgan fingerprint density at radius 1 is 1.12 bits per heavy atom. The van der Waals surface area contributed by atoms with Gasteiger partial charge in [-0.15, -0.1) is 0 Å². The summed E-state index contributed by atoms with van der Waals surface area (Å²) in [6.07, 6.45) is 1.69. The highest BCUT2D eigenvalue weighted by Gasteiger charge is 2.17. The molecule has 0 spiro atoms. The van der Waals surface area contributed by atoms with Crippen LogP contribution in [-0.4, -0.2) is 48.5 Å². The number of nitriles is 1. The number of carbonyl (C=O) groups excluding carboxylic acids is 1. The number of hydrogen-bond donors (Lipinski definition) is 1. The zero-order valence-electron chi connectivity index (χ0n) is 18.5. The van der Waals surface area contributed by atoms with Crippen molar-refractivity contribution in [3.05, 3.63) is 83.7 Å². The second kappa shape index (κ2) is 9.73. The molecule has 32 heavy (non-hydrogen) atoms. The van der Waals surface area contributed by atoms with Crippen LogP contribution in [0.5, 0.6) is 0 Å². The summed E-state index contributed by atoms with van der Waals surface area (Å²) in [5.41, 5.74) is 4.95. The summed E-state index contributed by atoms with van der Waals surface area (Å²) in [7, 11) is 1.77. The zero-order chi connectivity index (χ0) is 22.5. The van der Waals surface area contributed by atoms with Gasteiger partial charge in [0.05, 0.1) is 11.6 Å². The maximum Gasteiger partial charge on any atom is 0.276 e. The Balaban J connectivity index is 1.40. The molecule has 3 aromatic rings. The Bertz CT molecular complexity index is 1100. The van der Waals surface area contributed by atoms with Crippen molar-refractivity contribution in [1.29, 1.82) is 5.26 Å². The van der Waals surface area contributed by atoms with Gasteiger partial charge in [-0.2, -0.15) is 5.26 Å². The van der Waals surface area contributed by atoms with E-state index < -0.39 is 0 Å². The summed E-state index contributed by atoms with van der Waals surface area (Å²) in [4.78, 5) is 21.4. The maximum absolute atomic E-state index is 12.9. The molecule has 4 rings (SSSR count). The van der Waals surface area contributed by atoms with Crippen molar-refractivity contribution in [3.8, 4) is 17.2 Å². The van der Waals surface area contributed by atoms with Crippen LogP contribution in [-0.2, 0) is 6.54 Å². The Labute approximate surface area is 189 Å². The average molecular weight is 426 g/mol. The van der Waals surface area contributed by atoms with Crippen LogP contribution in [0.3, 0.4) is 0 Å². The number of pyridine rings is 1. The van der Waals surface area contributed by atoms with Gasteiger partial charge in [0.25, 0.3) is 5.91 Å². The van der Waals surface area contributed by atoms with Gasteiger partial charge in [-0.3, -0.25) is 14.7 Å². The molecule has 6 nitrogen and oxygen atoms in total. The molecule has 1 aliphatic heterocycles. The quantitative estimate of drug-likeness (QED) is 0.675. The van der Waals surface area contributed by atoms with Crippen LogP contribution in [0.4, 0.5) is 5.69 Å². The molecule has 1 aromatic heterocycles. The van der Waals surface area contributed by atoms with Crippen LogP contribution >= 0.6 is 0 Å². The molecular weight excluding hydrogens is 398 g/mol. The van der Waals surface area contributed by atoms with E-state index in [4.69, 9.17) is 5.26 Å². The molecule has 0 aliphatic carbocycles. The van der Waals surface area contributed by atoms with Crippen molar-refractivity contribution >= 4 is 11.6 Å². The SMILES string of the molecule is C[C@H]1CN(Cc2ccc(N(C)C(=O)c3ccc(-c4ccc(C#N)cc4)cn3)cc2)CCN1. The number of aromatic nitrogens is 1. The van der Waals surface area contributed by atoms with Gasteiger partial charge in [0.1, 0.15) is 5.69 Å². The van der Waals surface area contributed by atoms with E-state index in [-0.39, 0.29) is 5.91 Å². The zero-order valence-corrected chi connectivity index (χ0v) is 18.5. The van der Waals surface area contributed by atoms with Crippen molar-refractivity contribution in [2.75, 3.05) is 31.6 Å². The van der Waals surface area contributed by atoms with Crippen LogP contribution in [0.25, 0.3) is 11.1 Å². The fourth-order valence-corrected chi connectivity index (χ4v) is 3.96. The highest BCUT2D eigenvalue weighted by Crippen LogP contribution is 2.21. The molecule has 1 saturated heterocycles. The summed E-state index contributed by atoms with van der Waals surface area (Å²) in [6.45, 7) is 6.25. The lowest BCUT2D eigenvalue weighted by Gasteiger charge is -2.31. The first kappa shape index (κ1) is 21.7. The van der Waals surface area contributed by atoms with Crippen molar-refractivity contribution < 1.29 is 4.79 Å². The first-order valence-corrected chi connectivity index (χ1v) is 10.8. The van der Waals surface area contributed by atoms with Crippen molar-refractivity contribution in [1.82, 2.24) is 15.2 Å². The van der Waals surface area contributed by atoms with Crippen LogP contribution in [0.15, 0.2) is 66.9 Å². The van der Waals surface area contributed by atoms with Gasteiger partial charge >= 0.3 is 0 Å². The molecule has 1 fully saturated rings. The lowest BCUT2D eigenvalue weighted by atomic mass is 10.1. The van der Waals surface area contributed by atoms with Gasteiger partial charge in [-0.1, -0.05) is 30.3 Å². The highest BCUT2D eigenvalue weighted by molar-refractivity contribution is 6.04. The predicted molar refractivity (Wildman–Crippen MR) is 126 cm³/mol. The normalized spacial score (nSPS) is 16.3. The molecule has 0 saturated carbocycles. The van der Waals surface area contributed by atoms with E-state index in [2.05, 4.69) is 40.3 Å². The van der Waals surface area contributed by atoms with Crippen LogP contribution in [0, 0.1) is 11.3 Å². The number of nitrogens with zero attached hydrogens (tertiary/aromatic N) is 4. The smallest absolute Gasteiger partial charge is 0.276 e. The van der Waals surface area contributed by atoms with E-state index in [1.54, 1.807) is 36.3 Å². The van der Waals surface area contributed by atoms with E-state index in [0.717, 1.165) is 43.0 Å². The first-order chi connectivity index (χ1) is 15.5. The van der Waals surface area contributed by atoms with Gasteiger partial charge in [0.15, 0.2) is 0 Å². The van der Waals surface area contributed by atoms with Crippen molar-refractivity contribution in [2.45, 2.75) is 19.5 Å². The molecule has 2 aromatic carbocycles. The number of hydrogen-bond acceptors (Lipinski definition) is 5. The van der Waals surface area contributed by atoms with Gasteiger partial charge in [-0.25, -0.2) is 0 Å². The van der Waals surface area contributed by atoms with E-state index in [9.17, 15) is 4.79 Å². The molecule has 0 unspecified atom stereocenters. The minimum absolute atomic E-state index is 0.153. The minimum Gasteiger partial charge on any atom is -0.312 e. The third-order valence-corrected chi connectivity index (χ3v) is 5.82. The number of amides is 1. The Hall–Kier alpha value is -3.53. The van der Waals surface area contributed by atoms with E-state index >= 15 is 0 Å². The predicted octanol–water partition coefficient (Wildman–Crippen LogP) is 3.69. The fourth-order valence-electron chi connectivity index (χ4n) is 3.96. The molecule has 6 heteroatoms. The maximum atomic E-state index is 12.9. The summed E-state index contributed by atoms with van der Waals surface area (Å²) in [5.74, 6) is -0.153. The monoisotopic (exact) mass is 425 g/mol. The topological polar surface area (TPSA) is 72.3 Å². The Morgan fingerprint density at radius 3 is 2.47 bits per heavy atom. The molecule has 1 amide bonds. The first-order valence-electron chi connectivity index (χ1n) is 10.8. The average Bonchev–Trinajstić information content (AvgIpc) is 2.84. The number of anilines is 1. The van der Waals surface area contributed by atoms with Gasteiger partial charge in [0.2, 0.25) is 0 Å². The van der Waals surface area contributed by atoms with Gasteiger partial charge in [0, 0.05) is 56.7 Å². The molecule has 2 heterocycles. The number of piperazine rings is 1. The number of carbonyl (C=O) groups is 1. The second-order valence-corrected chi connectivity index (χ2v) is 8.24. The van der Waals surface area contributed by atoms with Crippen LogP contribution in [0.1, 0.15) is 28.5 Å². The Kier molecular flexibility index (Phi) is 6.60. The number of nitrogens with one attached hydrogen (secondary N) is 1. The Morgan fingerprint density at radius 2 is 1.84 bits per heavy atom.